The summed E-state index contributed by atoms with van der Waals surface area (Å²) in [5, 5.41) is 0. The predicted octanol–water partition coefficient (Wildman–Crippen LogP) is 1.88. The first-order valence-electron chi connectivity index (χ1n) is 3.50. The SMILES string of the molecule is C=C[SiH](CCCC)OC. The van der Waals surface area contributed by atoms with Crippen LogP contribution in [0.1, 0.15) is 19.8 Å². The van der Waals surface area contributed by atoms with Gasteiger partial charge in [0.05, 0.1) is 0 Å². The average molecular weight is 144 g/mol. The Morgan fingerprint density at radius 1 is 1.67 bits per heavy atom. The van der Waals surface area contributed by atoms with E-state index >= 15 is 0 Å². The molecule has 0 heterocycles. The molecular formula is C7H16OSi. The molecule has 0 amide bonds. The highest BCUT2D eigenvalue weighted by molar-refractivity contribution is 6.57. The Morgan fingerprint density at radius 2 is 2.33 bits per heavy atom. The van der Waals surface area contributed by atoms with Crippen molar-refractivity contribution in [2.75, 3.05) is 7.11 Å². The Kier molecular flexibility index (Phi) is 5.99. The summed E-state index contributed by atoms with van der Waals surface area (Å²) >= 11 is 0. The first-order chi connectivity index (χ1) is 4.35. The maximum Gasteiger partial charge on any atom is 0.200 e. The van der Waals surface area contributed by atoms with Crippen LogP contribution < -0.4 is 0 Å². The molecule has 0 aromatic carbocycles. The molecule has 0 aromatic heterocycles. The van der Waals surface area contributed by atoms with E-state index in [4.69, 9.17) is 4.43 Å². The molecule has 0 N–H and O–H groups in total. The summed E-state index contributed by atoms with van der Waals surface area (Å²) < 4.78 is 5.22. The van der Waals surface area contributed by atoms with E-state index in [-0.39, 0.29) is 0 Å². The fourth-order valence-corrected chi connectivity index (χ4v) is 2.21. The van der Waals surface area contributed by atoms with Crippen LogP contribution in [-0.4, -0.2) is 16.2 Å². The number of rotatable bonds is 5. The van der Waals surface area contributed by atoms with E-state index in [1.165, 1.54) is 18.9 Å². The van der Waals surface area contributed by atoms with Gasteiger partial charge in [-0.05, 0) is 6.04 Å². The van der Waals surface area contributed by atoms with Crippen molar-refractivity contribution in [2.45, 2.75) is 25.8 Å². The molecule has 2 heteroatoms. The van der Waals surface area contributed by atoms with E-state index < -0.39 is 9.04 Å². The lowest BCUT2D eigenvalue weighted by Crippen LogP contribution is -2.11. The first kappa shape index (κ1) is 8.92. The molecule has 1 atom stereocenters. The van der Waals surface area contributed by atoms with Gasteiger partial charge in [-0.1, -0.05) is 25.5 Å². The van der Waals surface area contributed by atoms with Crippen LogP contribution in [0.4, 0.5) is 0 Å². The van der Waals surface area contributed by atoms with E-state index in [1.807, 2.05) is 5.70 Å². The van der Waals surface area contributed by atoms with Crippen molar-refractivity contribution in [3.8, 4) is 0 Å². The Labute approximate surface area is 59.5 Å². The zero-order chi connectivity index (χ0) is 7.11. The molecule has 1 nitrogen and oxygen atoms in total. The van der Waals surface area contributed by atoms with Gasteiger partial charge in [0, 0.05) is 7.11 Å². The summed E-state index contributed by atoms with van der Waals surface area (Å²) in [5.41, 5.74) is 2.00. The molecule has 1 unspecified atom stereocenters. The lowest BCUT2D eigenvalue weighted by Gasteiger charge is -2.05. The minimum absolute atomic E-state index is 0.946. The fourth-order valence-electron chi connectivity index (χ4n) is 0.737. The number of unbranched alkanes of at least 4 members (excludes halogenated alkanes) is 1. The smallest absolute Gasteiger partial charge is 0.200 e. The van der Waals surface area contributed by atoms with E-state index in [9.17, 15) is 0 Å². The molecule has 0 aliphatic rings. The largest absolute Gasteiger partial charge is 0.419 e. The van der Waals surface area contributed by atoms with Crippen molar-refractivity contribution < 1.29 is 4.43 Å². The van der Waals surface area contributed by atoms with Gasteiger partial charge in [-0.2, -0.15) is 0 Å². The van der Waals surface area contributed by atoms with Gasteiger partial charge in [0.2, 0.25) is 0 Å². The van der Waals surface area contributed by atoms with Gasteiger partial charge in [0.1, 0.15) is 0 Å². The summed E-state index contributed by atoms with van der Waals surface area (Å²) in [7, 11) is 0.840. The zero-order valence-corrected chi connectivity index (χ0v) is 7.55. The number of hydrogen-bond donors (Lipinski definition) is 0. The highest BCUT2D eigenvalue weighted by Gasteiger charge is 2.01. The standard InChI is InChI=1S/C7H16OSi/c1-4-6-7-9(5-2)8-3/h5,9H,2,4,6-7H2,1,3H3. The van der Waals surface area contributed by atoms with E-state index in [0.29, 0.717) is 0 Å². The summed E-state index contributed by atoms with van der Waals surface area (Å²) in [6, 6.07) is 1.25. The van der Waals surface area contributed by atoms with Crippen LogP contribution in [0.5, 0.6) is 0 Å². The normalized spacial score (nSPS) is 13.1. The zero-order valence-electron chi connectivity index (χ0n) is 6.39. The second-order valence-electron chi connectivity index (χ2n) is 2.15. The second kappa shape index (κ2) is 6.04. The lowest BCUT2D eigenvalue weighted by molar-refractivity contribution is 0.426. The molecule has 0 radical (unpaired) electrons. The summed E-state index contributed by atoms with van der Waals surface area (Å²) in [5.74, 6) is 0. The monoisotopic (exact) mass is 144 g/mol. The van der Waals surface area contributed by atoms with E-state index in [2.05, 4.69) is 13.5 Å². The summed E-state index contributed by atoms with van der Waals surface area (Å²) in [4.78, 5) is 0. The van der Waals surface area contributed by atoms with Crippen LogP contribution in [-0.2, 0) is 4.43 Å². The molecule has 0 aromatic rings. The quantitative estimate of drug-likeness (QED) is 0.535. The third-order valence-corrected chi connectivity index (χ3v) is 3.52. The average Bonchev–Trinajstić information content (AvgIpc) is 1.91. The molecule has 54 valence electrons. The Morgan fingerprint density at radius 3 is 2.67 bits per heavy atom. The van der Waals surface area contributed by atoms with Crippen molar-refractivity contribution in [1.82, 2.24) is 0 Å². The molecule has 0 fully saturated rings. The van der Waals surface area contributed by atoms with Gasteiger partial charge in [0.25, 0.3) is 0 Å². The molecule has 0 bridgehead atoms. The van der Waals surface area contributed by atoms with Gasteiger partial charge in [0.15, 0.2) is 9.04 Å². The van der Waals surface area contributed by atoms with Crippen LogP contribution in [0.15, 0.2) is 12.3 Å². The van der Waals surface area contributed by atoms with Gasteiger partial charge in [-0.3, -0.25) is 0 Å². The van der Waals surface area contributed by atoms with Crippen LogP contribution >= 0.6 is 0 Å². The molecule has 0 saturated carbocycles. The van der Waals surface area contributed by atoms with Crippen molar-refractivity contribution >= 4 is 9.04 Å². The predicted molar refractivity (Wildman–Crippen MR) is 44.1 cm³/mol. The molecule has 9 heavy (non-hydrogen) atoms. The maximum absolute atomic E-state index is 5.22. The Hall–Kier alpha value is -0.0831. The Bertz CT molecular complexity index is 73.3. The molecule has 0 rings (SSSR count). The van der Waals surface area contributed by atoms with Crippen LogP contribution in [0, 0.1) is 0 Å². The number of hydrogen-bond acceptors (Lipinski definition) is 1. The van der Waals surface area contributed by atoms with Gasteiger partial charge < -0.3 is 4.43 Å². The van der Waals surface area contributed by atoms with Crippen molar-refractivity contribution in [2.24, 2.45) is 0 Å². The van der Waals surface area contributed by atoms with Gasteiger partial charge in [-0.15, -0.1) is 6.58 Å². The van der Waals surface area contributed by atoms with Crippen molar-refractivity contribution in [3.05, 3.63) is 12.3 Å². The minimum atomic E-state index is -0.946. The third kappa shape index (κ3) is 4.42. The van der Waals surface area contributed by atoms with E-state index in [1.54, 1.807) is 7.11 Å². The van der Waals surface area contributed by atoms with Gasteiger partial charge >= 0.3 is 0 Å². The molecular weight excluding hydrogens is 128 g/mol. The van der Waals surface area contributed by atoms with Gasteiger partial charge in [-0.25, -0.2) is 0 Å². The molecule has 0 saturated heterocycles. The molecule has 0 aliphatic carbocycles. The molecule has 0 aliphatic heterocycles. The third-order valence-electron chi connectivity index (χ3n) is 1.41. The van der Waals surface area contributed by atoms with E-state index in [0.717, 1.165) is 0 Å². The van der Waals surface area contributed by atoms with Crippen molar-refractivity contribution in [1.29, 1.82) is 0 Å². The van der Waals surface area contributed by atoms with Crippen LogP contribution in [0.25, 0.3) is 0 Å². The van der Waals surface area contributed by atoms with Crippen molar-refractivity contribution in [3.63, 3.8) is 0 Å². The second-order valence-corrected chi connectivity index (χ2v) is 4.75. The topological polar surface area (TPSA) is 9.23 Å². The molecule has 0 spiro atoms. The minimum Gasteiger partial charge on any atom is -0.419 e. The highest BCUT2D eigenvalue weighted by atomic mass is 28.3. The maximum atomic E-state index is 5.22. The fraction of sp³-hybridized carbons (Fsp3) is 0.714. The first-order valence-corrected chi connectivity index (χ1v) is 5.46. The van der Waals surface area contributed by atoms with Crippen LogP contribution in [0.3, 0.4) is 0 Å². The summed E-state index contributed by atoms with van der Waals surface area (Å²) in [6.07, 6.45) is 2.55. The lowest BCUT2D eigenvalue weighted by atomic mass is 10.4. The van der Waals surface area contributed by atoms with Crippen LogP contribution in [0.2, 0.25) is 6.04 Å². The highest BCUT2D eigenvalue weighted by Crippen LogP contribution is 2.01. The summed E-state index contributed by atoms with van der Waals surface area (Å²) in [6.45, 7) is 5.92. The Balaban J connectivity index is 3.20.